The maximum absolute atomic E-state index is 12.8. The van der Waals surface area contributed by atoms with Gasteiger partial charge in [-0.05, 0) is 24.3 Å². The van der Waals surface area contributed by atoms with E-state index in [1.165, 1.54) is 28.8 Å². The summed E-state index contributed by atoms with van der Waals surface area (Å²) < 4.78 is 39.6. The Labute approximate surface area is 161 Å². The highest BCUT2D eigenvalue weighted by Crippen LogP contribution is 2.29. The molecule has 4 rings (SSSR count). The molecule has 148 valence electrons. The Balaban J connectivity index is 1.41. The van der Waals surface area contributed by atoms with Crippen molar-refractivity contribution in [2.45, 2.75) is 12.7 Å². The summed E-state index contributed by atoms with van der Waals surface area (Å²) in [5.74, 6) is -1.69. The van der Waals surface area contributed by atoms with E-state index in [0.717, 1.165) is 17.2 Å². The van der Waals surface area contributed by atoms with E-state index in [1.54, 1.807) is 12.1 Å². The van der Waals surface area contributed by atoms with Crippen molar-refractivity contribution in [3.05, 3.63) is 71.2 Å². The van der Waals surface area contributed by atoms with Crippen LogP contribution in [0.25, 0.3) is 5.65 Å². The number of amides is 3. The molecule has 3 heterocycles. The molecule has 0 unspecified atom stereocenters. The monoisotopic (exact) mass is 402 g/mol. The molecule has 1 aliphatic heterocycles. The summed E-state index contributed by atoms with van der Waals surface area (Å²) in [6.45, 7) is -0.525. The zero-order valence-electron chi connectivity index (χ0n) is 14.7. The van der Waals surface area contributed by atoms with Crippen LogP contribution in [0.4, 0.5) is 13.2 Å². The van der Waals surface area contributed by atoms with Gasteiger partial charge in [0.1, 0.15) is 12.2 Å². The van der Waals surface area contributed by atoms with Crippen molar-refractivity contribution in [1.29, 1.82) is 0 Å². The molecule has 0 spiro atoms. The first-order valence-electron chi connectivity index (χ1n) is 8.51. The molecule has 0 bridgehead atoms. The number of fused-ring (bicyclic) bond motifs is 2. The average Bonchev–Trinajstić information content (AvgIpc) is 3.20. The first kappa shape index (κ1) is 18.7. The van der Waals surface area contributed by atoms with E-state index in [0.29, 0.717) is 11.3 Å². The summed E-state index contributed by atoms with van der Waals surface area (Å²) in [6, 6.07) is 8.43. The smallest absolute Gasteiger partial charge is 0.349 e. The highest BCUT2D eigenvalue weighted by molar-refractivity contribution is 6.22. The number of hydrogen-bond donors (Lipinski definition) is 1. The highest BCUT2D eigenvalue weighted by atomic mass is 19.4. The van der Waals surface area contributed by atoms with Gasteiger partial charge in [0.2, 0.25) is 5.91 Å². The summed E-state index contributed by atoms with van der Waals surface area (Å²) in [6.07, 6.45) is -2.20. The van der Waals surface area contributed by atoms with E-state index < -0.39 is 36.0 Å². The lowest BCUT2D eigenvalue weighted by molar-refractivity contribution is -0.137. The first-order chi connectivity index (χ1) is 13.7. The van der Waals surface area contributed by atoms with Crippen LogP contribution in [0.15, 0.2) is 48.8 Å². The van der Waals surface area contributed by atoms with E-state index in [2.05, 4.69) is 10.3 Å². The molecule has 2 aromatic heterocycles. The zero-order chi connectivity index (χ0) is 20.8. The number of imide groups is 1. The van der Waals surface area contributed by atoms with E-state index in [9.17, 15) is 27.6 Å². The Morgan fingerprint density at radius 2 is 1.66 bits per heavy atom. The number of nitrogens with zero attached hydrogens (tertiary/aromatic N) is 3. The van der Waals surface area contributed by atoms with Crippen LogP contribution in [0.1, 0.15) is 32.0 Å². The van der Waals surface area contributed by atoms with Crippen LogP contribution in [-0.2, 0) is 17.5 Å². The summed E-state index contributed by atoms with van der Waals surface area (Å²) in [4.78, 5) is 41.7. The second-order valence-corrected chi connectivity index (χ2v) is 6.43. The van der Waals surface area contributed by atoms with Crippen molar-refractivity contribution in [3.8, 4) is 0 Å². The average molecular weight is 402 g/mol. The molecule has 10 heteroatoms. The van der Waals surface area contributed by atoms with Crippen molar-refractivity contribution in [1.82, 2.24) is 19.6 Å². The Morgan fingerprint density at radius 1 is 1.00 bits per heavy atom. The fourth-order valence-electron chi connectivity index (χ4n) is 3.07. The van der Waals surface area contributed by atoms with Gasteiger partial charge in [0, 0.05) is 12.4 Å². The lowest BCUT2D eigenvalue weighted by atomic mass is 10.1. The third kappa shape index (κ3) is 3.44. The summed E-state index contributed by atoms with van der Waals surface area (Å²) in [7, 11) is 0. The van der Waals surface area contributed by atoms with Crippen molar-refractivity contribution >= 4 is 23.4 Å². The molecule has 0 fully saturated rings. The van der Waals surface area contributed by atoms with Crippen LogP contribution in [0.3, 0.4) is 0 Å². The van der Waals surface area contributed by atoms with Crippen LogP contribution in [0, 0.1) is 0 Å². The maximum atomic E-state index is 12.8. The van der Waals surface area contributed by atoms with Crippen LogP contribution >= 0.6 is 0 Å². The van der Waals surface area contributed by atoms with Gasteiger partial charge in [-0.3, -0.25) is 19.3 Å². The number of carbonyl (C=O) groups is 3. The molecule has 3 aromatic rings. The second-order valence-electron chi connectivity index (χ2n) is 6.43. The van der Waals surface area contributed by atoms with Crippen molar-refractivity contribution in [3.63, 3.8) is 0 Å². The number of rotatable bonds is 4. The molecule has 1 aromatic carbocycles. The Kier molecular flexibility index (Phi) is 4.33. The van der Waals surface area contributed by atoms with Crippen molar-refractivity contribution in [2.24, 2.45) is 0 Å². The molecule has 3 amide bonds. The summed E-state index contributed by atoms with van der Waals surface area (Å²) in [5.41, 5.74) is 0.295. The number of hydrogen-bond acceptors (Lipinski definition) is 4. The SMILES string of the molecule is O=C(CN1C(=O)c2ccccc2C1=O)NCc1cn2cc(C(F)(F)F)ccc2n1. The number of alkyl halides is 3. The standard InChI is InChI=1S/C19H13F3N4O3/c20-19(21,22)11-5-6-15-24-12(9-25(15)8-11)7-23-16(27)10-26-17(28)13-3-1-2-4-14(13)18(26)29/h1-6,8-9H,7,10H2,(H,23,27). The lowest BCUT2D eigenvalue weighted by Gasteiger charge is -2.13. The molecule has 0 radical (unpaired) electrons. The van der Waals surface area contributed by atoms with Gasteiger partial charge in [-0.25, -0.2) is 4.98 Å². The minimum atomic E-state index is -4.47. The maximum Gasteiger partial charge on any atom is 0.417 e. The number of aromatic nitrogens is 2. The molecule has 7 nitrogen and oxygen atoms in total. The molecular formula is C19H13F3N4O3. The number of halogens is 3. The summed E-state index contributed by atoms with van der Waals surface area (Å²) >= 11 is 0. The van der Waals surface area contributed by atoms with E-state index in [4.69, 9.17) is 0 Å². The Hall–Kier alpha value is -3.69. The number of carbonyl (C=O) groups excluding carboxylic acids is 3. The van der Waals surface area contributed by atoms with Crippen LogP contribution < -0.4 is 5.32 Å². The molecular weight excluding hydrogens is 389 g/mol. The van der Waals surface area contributed by atoms with E-state index >= 15 is 0 Å². The van der Waals surface area contributed by atoms with Gasteiger partial charge in [0.15, 0.2) is 0 Å². The molecule has 1 N–H and O–H groups in total. The van der Waals surface area contributed by atoms with Crippen LogP contribution in [0.2, 0.25) is 0 Å². The van der Waals surface area contributed by atoms with E-state index in [1.807, 2.05) is 0 Å². The highest BCUT2D eigenvalue weighted by Gasteiger charge is 2.36. The molecule has 0 saturated heterocycles. The van der Waals surface area contributed by atoms with Gasteiger partial charge in [-0.2, -0.15) is 13.2 Å². The van der Waals surface area contributed by atoms with Crippen LogP contribution in [-0.4, -0.2) is 38.6 Å². The number of imidazole rings is 1. The van der Waals surface area contributed by atoms with E-state index in [-0.39, 0.29) is 17.7 Å². The number of benzene rings is 1. The number of pyridine rings is 1. The molecule has 0 atom stereocenters. The summed E-state index contributed by atoms with van der Waals surface area (Å²) in [5, 5.41) is 2.52. The predicted molar refractivity (Wildman–Crippen MR) is 93.8 cm³/mol. The largest absolute Gasteiger partial charge is 0.417 e. The van der Waals surface area contributed by atoms with Gasteiger partial charge < -0.3 is 9.72 Å². The van der Waals surface area contributed by atoms with Gasteiger partial charge in [0.25, 0.3) is 11.8 Å². The third-order valence-corrected chi connectivity index (χ3v) is 4.47. The lowest BCUT2D eigenvalue weighted by Crippen LogP contribution is -2.40. The van der Waals surface area contributed by atoms with Gasteiger partial charge in [0.05, 0.1) is 28.9 Å². The fourth-order valence-corrected chi connectivity index (χ4v) is 3.07. The minimum absolute atomic E-state index is 0.0645. The number of nitrogens with one attached hydrogen (secondary N) is 1. The van der Waals surface area contributed by atoms with Crippen molar-refractivity contribution in [2.75, 3.05) is 6.54 Å². The molecule has 0 saturated carbocycles. The van der Waals surface area contributed by atoms with Gasteiger partial charge in [-0.1, -0.05) is 12.1 Å². The molecule has 0 aliphatic carbocycles. The fraction of sp³-hybridized carbons (Fsp3) is 0.158. The minimum Gasteiger partial charge on any atom is -0.349 e. The third-order valence-electron chi connectivity index (χ3n) is 4.47. The predicted octanol–water partition coefficient (Wildman–Crippen LogP) is 2.27. The van der Waals surface area contributed by atoms with Gasteiger partial charge in [-0.15, -0.1) is 0 Å². The topological polar surface area (TPSA) is 83.8 Å². The van der Waals surface area contributed by atoms with Crippen LogP contribution in [0.5, 0.6) is 0 Å². The van der Waals surface area contributed by atoms with Gasteiger partial charge >= 0.3 is 6.18 Å². The molecule has 29 heavy (non-hydrogen) atoms. The normalized spacial score (nSPS) is 13.8. The zero-order valence-corrected chi connectivity index (χ0v) is 14.7. The molecule has 1 aliphatic rings. The Bertz CT molecular complexity index is 1120. The Morgan fingerprint density at radius 3 is 2.28 bits per heavy atom. The quantitative estimate of drug-likeness (QED) is 0.679. The van der Waals surface area contributed by atoms with Crippen molar-refractivity contribution < 1.29 is 27.6 Å². The first-order valence-corrected chi connectivity index (χ1v) is 8.51. The second kappa shape index (κ2) is 6.73.